The molecule has 4 heteroatoms. The first-order chi connectivity index (χ1) is 6.75. The topological polar surface area (TPSA) is 60.8 Å². The van der Waals surface area contributed by atoms with E-state index in [9.17, 15) is 9.90 Å². The summed E-state index contributed by atoms with van der Waals surface area (Å²) >= 11 is 0. The molecule has 1 heterocycles. The smallest absolute Gasteiger partial charge is 0.256 e. The van der Waals surface area contributed by atoms with Crippen LogP contribution in [-0.2, 0) is 0 Å². The number of carbonyl (C=O) groups excluding carboxylic acids is 1. The van der Waals surface area contributed by atoms with E-state index in [2.05, 4.69) is 0 Å². The van der Waals surface area contributed by atoms with Gasteiger partial charge in [0.05, 0.1) is 6.61 Å². The molecule has 0 bridgehead atoms. The molecule has 1 aliphatic rings. The van der Waals surface area contributed by atoms with Crippen LogP contribution in [0.1, 0.15) is 22.1 Å². The Labute approximate surface area is 81.4 Å². The minimum absolute atomic E-state index is 0.142. The summed E-state index contributed by atoms with van der Waals surface area (Å²) in [4.78, 5) is 12.9. The molecular formula is C10H11NO3. The Morgan fingerprint density at radius 3 is 2.71 bits per heavy atom. The highest BCUT2D eigenvalue weighted by atomic mass is 16.3. The highest BCUT2D eigenvalue weighted by molar-refractivity contribution is 5.98. The maximum Gasteiger partial charge on any atom is 0.256 e. The number of hydrogen-bond donors (Lipinski definition) is 2. The van der Waals surface area contributed by atoms with Crippen LogP contribution in [0.25, 0.3) is 0 Å². The Bertz CT molecular complexity index is 364. The lowest BCUT2D eigenvalue weighted by Crippen LogP contribution is -2.30. The third kappa shape index (κ3) is 1.20. The maximum atomic E-state index is 11.7. The van der Waals surface area contributed by atoms with Gasteiger partial charge >= 0.3 is 0 Å². The van der Waals surface area contributed by atoms with Crippen LogP contribution in [0.15, 0.2) is 24.3 Å². The quantitative estimate of drug-likeness (QED) is 0.701. The molecule has 0 aliphatic carbocycles. The van der Waals surface area contributed by atoms with Gasteiger partial charge in [0.25, 0.3) is 5.91 Å². The van der Waals surface area contributed by atoms with Crippen LogP contribution in [0, 0.1) is 0 Å². The molecule has 2 rings (SSSR count). The van der Waals surface area contributed by atoms with Crippen molar-refractivity contribution in [2.75, 3.05) is 13.2 Å². The van der Waals surface area contributed by atoms with Gasteiger partial charge in [0.2, 0.25) is 0 Å². The van der Waals surface area contributed by atoms with Gasteiger partial charge in [-0.2, -0.15) is 0 Å². The molecule has 0 saturated heterocycles. The first kappa shape index (κ1) is 9.18. The summed E-state index contributed by atoms with van der Waals surface area (Å²) < 4.78 is 0. The molecule has 0 aromatic heterocycles. The molecule has 0 saturated carbocycles. The summed E-state index contributed by atoms with van der Waals surface area (Å²) in [6.07, 6.45) is -0.911. The summed E-state index contributed by atoms with van der Waals surface area (Å²) in [7, 11) is 0. The van der Waals surface area contributed by atoms with Crippen molar-refractivity contribution in [3.63, 3.8) is 0 Å². The van der Waals surface area contributed by atoms with Gasteiger partial charge in [-0.1, -0.05) is 18.2 Å². The minimum atomic E-state index is -0.911. The predicted molar refractivity (Wildman–Crippen MR) is 49.5 cm³/mol. The van der Waals surface area contributed by atoms with Crippen molar-refractivity contribution >= 4 is 5.91 Å². The second kappa shape index (κ2) is 3.40. The average molecular weight is 193 g/mol. The van der Waals surface area contributed by atoms with Crippen molar-refractivity contribution in [2.45, 2.75) is 6.23 Å². The highest BCUT2D eigenvalue weighted by Crippen LogP contribution is 2.30. The third-order valence-corrected chi connectivity index (χ3v) is 2.37. The van der Waals surface area contributed by atoms with Gasteiger partial charge in [0.1, 0.15) is 0 Å². The van der Waals surface area contributed by atoms with E-state index in [1.807, 2.05) is 0 Å². The Hall–Kier alpha value is -1.39. The van der Waals surface area contributed by atoms with E-state index in [0.717, 1.165) is 0 Å². The summed E-state index contributed by atoms with van der Waals surface area (Å²) in [5, 5.41) is 18.5. The summed E-state index contributed by atoms with van der Waals surface area (Å²) in [5.41, 5.74) is 1.14. The average Bonchev–Trinajstić information content (AvgIpc) is 2.45. The van der Waals surface area contributed by atoms with Crippen molar-refractivity contribution < 1.29 is 15.0 Å². The molecule has 4 nitrogen and oxygen atoms in total. The van der Waals surface area contributed by atoms with Crippen molar-refractivity contribution in [1.82, 2.24) is 4.90 Å². The summed E-state index contributed by atoms with van der Waals surface area (Å²) in [6, 6.07) is 6.93. The van der Waals surface area contributed by atoms with E-state index in [-0.39, 0.29) is 19.1 Å². The number of hydrogen-bond acceptors (Lipinski definition) is 3. The fraction of sp³-hybridized carbons (Fsp3) is 0.300. The number of rotatable bonds is 2. The fourth-order valence-corrected chi connectivity index (χ4v) is 1.68. The molecule has 2 N–H and O–H groups in total. The van der Waals surface area contributed by atoms with Gasteiger partial charge in [-0.15, -0.1) is 0 Å². The van der Waals surface area contributed by atoms with Gasteiger partial charge in [-0.25, -0.2) is 0 Å². The second-order valence-corrected chi connectivity index (χ2v) is 3.18. The summed E-state index contributed by atoms with van der Waals surface area (Å²) in [6.45, 7) is 0.0193. The van der Waals surface area contributed by atoms with Gasteiger partial charge in [0, 0.05) is 17.7 Å². The number of amides is 1. The van der Waals surface area contributed by atoms with Crippen molar-refractivity contribution in [1.29, 1.82) is 0 Å². The van der Waals surface area contributed by atoms with Crippen LogP contribution < -0.4 is 0 Å². The zero-order valence-corrected chi connectivity index (χ0v) is 7.55. The van der Waals surface area contributed by atoms with E-state index in [1.165, 1.54) is 4.90 Å². The van der Waals surface area contributed by atoms with E-state index < -0.39 is 6.23 Å². The standard InChI is InChI=1S/C10H11NO3/c12-6-5-11-9(13)7-3-1-2-4-8(7)10(11)14/h1-4,9,12-13H,5-6H2. The second-order valence-electron chi connectivity index (χ2n) is 3.18. The van der Waals surface area contributed by atoms with Crippen LogP contribution in [0.4, 0.5) is 0 Å². The largest absolute Gasteiger partial charge is 0.395 e. The molecule has 1 atom stereocenters. The van der Waals surface area contributed by atoms with Gasteiger partial charge in [0.15, 0.2) is 6.23 Å². The first-order valence-electron chi connectivity index (χ1n) is 4.44. The SMILES string of the molecule is O=C1c2ccccc2C(O)N1CCO. The zero-order valence-electron chi connectivity index (χ0n) is 7.55. The van der Waals surface area contributed by atoms with Gasteiger partial charge in [-0.3, -0.25) is 4.79 Å². The molecule has 74 valence electrons. The summed E-state index contributed by atoms with van der Waals surface area (Å²) in [5.74, 6) is -0.220. The lowest BCUT2D eigenvalue weighted by atomic mass is 10.1. The van der Waals surface area contributed by atoms with Crippen LogP contribution in [-0.4, -0.2) is 34.2 Å². The minimum Gasteiger partial charge on any atom is -0.395 e. The number of benzene rings is 1. The number of β-amino-alcohol motifs (C(OH)–C–C–N with tert-alkyl or cyclic N) is 1. The van der Waals surface area contributed by atoms with Crippen LogP contribution in [0.2, 0.25) is 0 Å². The van der Waals surface area contributed by atoms with Gasteiger partial charge in [-0.05, 0) is 6.07 Å². The molecule has 0 radical (unpaired) electrons. The molecule has 1 unspecified atom stereocenters. The number of carbonyl (C=O) groups is 1. The Morgan fingerprint density at radius 1 is 1.36 bits per heavy atom. The van der Waals surface area contributed by atoms with Crippen molar-refractivity contribution in [3.8, 4) is 0 Å². The maximum absolute atomic E-state index is 11.7. The number of aliphatic hydroxyl groups is 2. The Balaban J connectivity index is 2.38. The van der Waals surface area contributed by atoms with E-state index >= 15 is 0 Å². The Kier molecular flexibility index (Phi) is 2.23. The Morgan fingerprint density at radius 2 is 2.07 bits per heavy atom. The molecular weight excluding hydrogens is 182 g/mol. The molecule has 1 aliphatic heterocycles. The van der Waals surface area contributed by atoms with Crippen molar-refractivity contribution in [3.05, 3.63) is 35.4 Å². The number of fused-ring (bicyclic) bond motifs is 1. The highest BCUT2D eigenvalue weighted by Gasteiger charge is 2.34. The molecule has 1 aromatic carbocycles. The van der Waals surface area contributed by atoms with Crippen LogP contribution >= 0.6 is 0 Å². The predicted octanol–water partition coefficient (Wildman–Crippen LogP) is 0.126. The van der Waals surface area contributed by atoms with Gasteiger partial charge < -0.3 is 15.1 Å². The zero-order chi connectivity index (χ0) is 10.1. The van der Waals surface area contributed by atoms with E-state index in [1.54, 1.807) is 24.3 Å². The monoisotopic (exact) mass is 193 g/mol. The lowest BCUT2D eigenvalue weighted by Gasteiger charge is -2.19. The normalized spacial score (nSPS) is 20.0. The van der Waals surface area contributed by atoms with Crippen molar-refractivity contribution in [2.24, 2.45) is 0 Å². The number of aliphatic hydroxyl groups excluding tert-OH is 2. The molecule has 1 amide bonds. The molecule has 14 heavy (non-hydrogen) atoms. The van der Waals surface area contributed by atoms with Crippen LogP contribution in [0.5, 0.6) is 0 Å². The fourth-order valence-electron chi connectivity index (χ4n) is 1.68. The molecule has 0 spiro atoms. The van der Waals surface area contributed by atoms with E-state index in [0.29, 0.717) is 11.1 Å². The molecule has 1 aromatic rings. The number of nitrogens with zero attached hydrogens (tertiary/aromatic N) is 1. The first-order valence-corrected chi connectivity index (χ1v) is 4.44. The van der Waals surface area contributed by atoms with Crippen LogP contribution in [0.3, 0.4) is 0 Å². The molecule has 0 fully saturated rings. The third-order valence-electron chi connectivity index (χ3n) is 2.37. The lowest BCUT2D eigenvalue weighted by molar-refractivity contribution is 0.0108. The van der Waals surface area contributed by atoms with E-state index in [4.69, 9.17) is 5.11 Å².